The topological polar surface area (TPSA) is 99.3 Å². The first-order valence-electron chi connectivity index (χ1n) is 5.89. The van der Waals surface area contributed by atoms with Crippen LogP contribution in [-0.4, -0.2) is 41.4 Å². The van der Waals surface area contributed by atoms with Crippen molar-refractivity contribution in [2.24, 2.45) is 0 Å². The maximum Gasteiger partial charge on any atom is 0.273 e. The summed E-state index contributed by atoms with van der Waals surface area (Å²) in [6.45, 7) is 1.13. The summed E-state index contributed by atoms with van der Waals surface area (Å²) in [5.41, 5.74) is -0.615. The lowest BCUT2D eigenvalue weighted by Gasteiger charge is -2.31. The molecule has 20 heavy (non-hydrogen) atoms. The fourth-order valence-corrected chi connectivity index (χ4v) is 2.03. The number of nitro groups is 1. The molecule has 0 saturated carbocycles. The molecule has 8 heteroatoms. The van der Waals surface area contributed by atoms with Crippen molar-refractivity contribution < 1.29 is 14.1 Å². The second-order valence-corrected chi connectivity index (χ2v) is 4.30. The number of nitro benzene ring substituents is 1. The average molecular weight is 278 g/mol. The van der Waals surface area contributed by atoms with Gasteiger partial charge in [0.15, 0.2) is 0 Å². The van der Waals surface area contributed by atoms with Crippen LogP contribution in [0.3, 0.4) is 0 Å². The minimum Gasteiger partial charge on any atom is -0.320 e. The van der Waals surface area contributed by atoms with Crippen LogP contribution in [0.5, 0.6) is 0 Å². The molecule has 1 atom stereocenters. The quantitative estimate of drug-likeness (QED) is 0.633. The summed E-state index contributed by atoms with van der Waals surface area (Å²) in [5, 5.41) is 22.6. The molecule has 1 N–H and O–H groups in total. The lowest BCUT2D eigenvalue weighted by Crippen LogP contribution is -2.53. The molecule has 1 unspecified atom stereocenters. The fraction of sp³-hybridized carbons (Fsp3) is 0.333. The van der Waals surface area contributed by atoms with Crippen molar-refractivity contribution in [3.63, 3.8) is 0 Å². The highest BCUT2D eigenvalue weighted by atomic mass is 19.1. The van der Waals surface area contributed by atoms with Crippen molar-refractivity contribution >= 4 is 11.6 Å². The Labute approximate surface area is 113 Å². The maximum atomic E-state index is 13.3. The molecule has 7 nitrogen and oxygen atoms in total. The number of hydrogen-bond acceptors (Lipinski definition) is 5. The summed E-state index contributed by atoms with van der Waals surface area (Å²) in [6, 6.07) is 4.00. The Morgan fingerprint density at radius 2 is 2.30 bits per heavy atom. The van der Waals surface area contributed by atoms with Crippen LogP contribution < -0.4 is 5.32 Å². The third-order valence-electron chi connectivity index (χ3n) is 2.99. The molecule has 1 aliphatic rings. The Morgan fingerprint density at radius 1 is 1.55 bits per heavy atom. The van der Waals surface area contributed by atoms with Gasteiger partial charge in [0.05, 0.1) is 17.1 Å². The zero-order valence-corrected chi connectivity index (χ0v) is 10.4. The van der Waals surface area contributed by atoms with Crippen molar-refractivity contribution in [3.8, 4) is 6.07 Å². The number of hydrogen-bond donors (Lipinski definition) is 1. The highest BCUT2D eigenvalue weighted by molar-refractivity contribution is 5.95. The highest BCUT2D eigenvalue weighted by Gasteiger charge is 2.28. The molecule has 1 aliphatic heterocycles. The Bertz CT molecular complexity index is 599. The number of nitrogens with zero attached hydrogens (tertiary/aromatic N) is 3. The molecule has 0 aliphatic carbocycles. The van der Waals surface area contributed by atoms with Gasteiger partial charge in [-0.2, -0.15) is 5.26 Å². The fourth-order valence-electron chi connectivity index (χ4n) is 2.03. The lowest BCUT2D eigenvalue weighted by atomic mass is 10.1. The van der Waals surface area contributed by atoms with Crippen molar-refractivity contribution in [1.82, 2.24) is 10.2 Å². The molecule has 1 aromatic carbocycles. The van der Waals surface area contributed by atoms with E-state index in [0.717, 1.165) is 18.2 Å². The van der Waals surface area contributed by atoms with Gasteiger partial charge in [-0.3, -0.25) is 14.9 Å². The molecular formula is C12H11FN4O3. The van der Waals surface area contributed by atoms with Crippen molar-refractivity contribution in [2.45, 2.75) is 6.04 Å². The van der Waals surface area contributed by atoms with E-state index in [1.165, 1.54) is 4.90 Å². The summed E-state index contributed by atoms with van der Waals surface area (Å²) in [4.78, 5) is 23.5. The van der Waals surface area contributed by atoms with Gasteiger partial charge in [0.1, 0.15) is 11.9 Å². The van der Waals surface area contributed by atoms with Gasteiger partial charge in [0.25, 0.3) is 11.6 Å². The molecule has 2 rings (SSSR count). The van der Waals surface area contributed by atoms with Gasteiger partial charge in [-0.15, -0.1) is 0 Å². The van der Waals surface area contributed by atoms with Crippen LogP contribution in [0.2, 0.25) is 0 Å². The van der Waals surface area contributed by atoms with Gasteiger partial charge in [-0.1, -0.05) is 0 Å². The Balaban J connectivity index is 2.33. The highest BCUT2D eigenvalue weighted by Crippen LogP contribution is 2.19. The molecular weight excluding hydrogens is 267 g/mol. The number of piperazine rings is 1. The number of carbonyl (C=O) groups is 1. The SMILES string of the molecule is N#CC1CNCCN1C(=O)c1cc(F)cc([N+](=O)[O-])c1. The van der Waals surface area contributed by atoms with Crippen molar-refractivity contribution in [1.29, 1.82) is 5.26 Å². The number of amides is 1. The second-order valence-electron chi connectivity index (χ2n) is 4.30. The third kappa shape index (κ3) is 2.73. The van der Waals surface area contributed by atoms with E-state index in [4.69, 9.17) is 5.26 Å². The van der Waals surface area contributed by atoms with Gasteiger partial charge in [0.2, 0.25) is 0 Å². The monoisotopic (exact) mass is 278 g/mol. The molecule has 0 radical (unpaired) electrons. The molecule has 1 heterocycles. The molecule has 0 spiro atoms. The number of non-ortho nitro benzene ring substituents is 1. The van der Waals surface area contributed by atoms with E-state index in [-0.39, 0.29) is 5.56 Å². The minimum atomic E-state index is -0.855. The smallest absolute Gasteiger partial charge is 0.273 e. The second kappa shape index (κ2) is 5.63. The van der Waals surface area contributed by atoms with Gasteiger partial charge >= 0.3 is 0 Å². The van der Waals surface area contributed by atoms with Crippen LogP contribution in [0.25, 0.3) is 0 Å². The van der Waals surface area contributed by atoms with E-state index in [1.54, 1.807) is 0 Å². The Hall–Kier alpha value is -2.53. The van der Waals surface area contributed by atoms with Crippen molar-refractivity contribution in [2.75, 3.05) is 19.6 Å². The Kier molecular flexibility index (Phi) is 3.91. The number of carbonyl (C=O) groups excluding carboxylic acids is 1. The lowest BCUT2D eigenvalue weighted by molar-refractivity contribution is -0.385. The molecule has 1 aromatic rings. The van der Waals surface area contributed by atoms with Crippen LogP contribution in [-0.2, 0) is 0 Å². The zero-order chi connectivity index (χ0) is 14.7. The summed E-state index contributed by atoms with van der Waals surface area (Å²) in [7, 11) is 0. The predicted molar refractivity (Wildman–Crippen MR) is 66.4 cm³/mol. The largest absolute Gasteiger partial charge is 0.320 e. The number of nitriles is 1. The number of nitrogens with one attached hydrogen (secondary N) is 1. The first-order chi connectivity index (χ1) is 9.52. The number of benzene rings is 1. The van der Waals surface area contributed by atoms with E-state index >= 15 is 0 Å². The van der Waals surface area contributed by atoms with E-state index in [2.05, 4.69) is 5.32 Å². The average Bonchev–Trinajstić information content (AvgIpc) is 2.45. The van der Waals surface area contributed by atoms with E-state index in [1.807, 2.05) is 6.07 Å². The molecule has 0 bridgehead atoms. The molecule has 104 valence electrons. The summed E-state index contributed by atoms with van der Waals surface area (Å²) in [6.07, 6.45) is 0. The predicted octanol–water partition coefficient (Wildman–Crippen LogP) is 0.671. The van der Waals surface area contributed by atoms with Gasteiger partial charge < -0.3 is 10.2 Å². The minimum absolute atomic E-state index is 0.126. The van der Waals surface area contributed by atoms with Crippen LogP contribution >= 0.6 is 0 Å². The molecule has 1 fully saturated rings. The zero-order valence-electron chi connectivity index (χ0n) is 10.4. The van der Waals surface area contributed by atoms with Gasteiger partial charge in [-0.25, -0.2) is 4.39 Å². The maximum absolute atomic E-state index is 13.3. The standard InChI is InChI=1S/C12H11FN4O3/c13-9-3-8(4-10(5-9)17(19)20)12(18)16-2-1-15-7-11(16)6-14/h3-5,11,15H,1-2,7H2. The van der Waals surface area contributed by atoms with Crippen LogP contribution in [0, 0.1) is 27.3 Å². The van der Waals surface area contributed by atoms with Crippen LogP contribution in [0.1, 0.15) is 10.4 Å². The van der Waals surface area contributed by atoms with Crippen LogP contribution in [0.4, 0.5) is 10.1 Å². The van der Waals surface area contributed by atoms with E-state index in [0.29, 0.717) is 19.6 Å². The molecule has 1 saturated heterocycles. The van der Waals surface area contributed by atoms with Gasteiger partial charge in [0, 0.05) is 31.3 Å². The summed E-state index contributed by atoms with van der Waals surface area (Å²) >= 11 is 0. The van der Waals surface area contributed by atoms with E-state index in [9.17, 15) is 19.3 Å². The third-order valence-corrected chi connectivity index (χ3v) is 2.99. The van der Waals surface area contributed by atoms with E-state index < -0.39 is 28.4 Å². The number of rotatable bonds is 2. The first-order valence-corrected chi connectivity index (χ1v) is 5.89. The van der Waals surface area contributed by atoms with Gasteiger partial charge in [-0.05, 0) is 6.07 Å². The summed E-state index contributed by atoms with van der Waals surface area (Å²) < 4.78 is 13.3. The first kappa shape index (κ1) is 13.9. The molecule has 1 amide bonds. The van der Waals surface area contributed by atoms with Crippen molar-refractivity contribution in [3.05, 3.63) is 39.7 Å². The normalized spacial score (nSPS) is 18.4. The van der Waals surface area contributed by atoms with Crippen LogP contribution in [0.15, 0.2) is 18.2 Å². The number of halogens is 1. The summed E-state index contributed by atoms with van der Waals surface area (Å²) in [5.74, 6) is -1.44. The Morgan fingerprint density at radius 3 is 2.95 bits per heavy atom. The molecule has 0 aromatic heterocycles.